The van der Waals surface area contributed by atoms with Gasteiger partial charge in [-0.3, -0.25) is 0 Å². The van der Waals surface area contributed by atoms with Crippen molar-refractivity contribution < 1.29 is 5.11 Å². The van der Waals surface area contributed by atoms with Gasteiger partial charge in [0.1, 0.15) is 17.5 Å². The highest BCUT2D eigenvalue weighted by atomic mass is 16.3. The second-order valence-electron chi connectivity index (χ2n) is 4.62. The number of hydrogen-bond acceptors (Lipinski definition) is 4. The van der Waals surface area contributed by atoms with Crippen LogP contribution in [-0.2, 0) is 6.42 Å². The Morgan fingerprint density at radius 3 is 2.95 bits per heavy atom. The van der Waals surface area contributed by atoms with Crippen LogP contribution in [0.4, 0.5) is 5.69 Å². The third kappa shape index (κ3) is 2.11. The number of nitriles is 1. The first kappa shape index (κ1) is 11.5. The van der Waals surface area contributed by atoms with Crippen molar-refractivity contribution in [2.75, 3.05) is 5.32 Å². The van der Waals surface area contributed by atoms with E-state index in [0.29, 0.717) is 11.4 Å². The molecule has 0 saturated heterocycles. The maximum absolute atomic E-state index is 9.81. The van der Waals surface area contributed by atoms with E-state index in [0.717, 1.165) is 29.7 Å². The Balaban J connectivity index is 1.83. The number of hydrogen-bond donors (Lipinski definition) is 2. The van der Waals surface area contributed by atoms with Crippen molar-refractivity contribution in [1.82, 2.24) is 4.98 Å². The van der Waals surface area contributed by atoms with Gasteiger partial charge >= 0.3 is 0 Å². The van der Waals surface area contributed by atoms with Crippen molar-refractivity contribution in [3.05, 3.63) is 53.3 Å². The zero-order valence-corrected chi connectivity index (χ0v) is 10.3. The van der Waals surface area contributed by atoms with E-state index in [1.165, 1.54) is 0 Å². The molecule has 1 unspecified atom stereocenters. The predicted octanol–water partition coefficient (Wildman–Crippen LogP) is 2.76. The van der Waals surface area contributed by atoms with Crippen molar-refractivity contribution in [1.29, 1.82) is 5.26 Å². The lowest BCUT2D eigenvalue weighted by Crippen LogP contribution is -2.07. The first-order valence-corrected chi connectivity index (χ1v) is 6.21. The monoisotopic (exact) mass is 251 g/mol. The third-order valence-corrected chi connectivity index (χ3v) is 3.46. The number of rotatable bonds is 2. The summed E-state index contributed by atoms with van der Waals surface area (Å²) in [7, 11) is 0. The molecule has 0 bridgehead atoms. The molecular formula is C15H13N3O. The minimum Gasteiger partial charge on any atom is -0.508 e. The Bertz CT molecular complexity index is 643. The lowest BCUT2D eigenvalue weighted by Gasteiger charge is -2.15. The average Bonchev–Trinajstić information content (AvgIpc) is 2.84. The molecule has 0 amide bonds. The minimum atomic E-state index is 0.192. The molecule has 0 aliphatic heterocycles. The van der Waals surface area contributed by atoms with Crippen LogP contribution in [0, 0.1) is 11.3 Å². The normalized spacial score (nSPS) is 16.7. The zero-order chi connectivity index (χ0) is 13.2. The molecule has 2 aromatic rings. The number of aromatic hydroxyl groups is 1. The van der Waals surface area contributed by atoms with Crippen LogP contribution in [0.15, 0.2) is 36.5 Å². The number of pyridine rings is 1. The Morgan fingerprint density at radius 1 is 1.32 bits per heavy atom. The summed E-state index contributed by atoms with van der Waals surface area (Å²) in [4.78, 5) is 4.04. The van der Waals surface area contributed by atoms with Crippen LogP contribution in [0.3, 0.4) is 0 Å². The molecule has 94 valence electrons. The van der Waals surface area contributed by atoms with Gasteiger partial charge in [0, 0.05) is 0 Å². The molecule has 2 N–H and O–H groups in total. The molecule has 4 nitrogen and oxygen atoms in total. The maximum Gasteiger partial charge on any atom is 0.140 e. The average molecular weight is 251 g/mol. The van der Waals surface area contributed by atoms with Gasteiger partial charge in [-0.05, 0) is 42.2 Å². The molecular weight excluding hydrogens is 238 g/mol. The Kier molecular flexibility index (Phi) is 2.81. The van der Waals surface area contributed by atoms with Crippen molar-refractivity contribution in [3.63, 3.8) is 0 Å². The van der Waals surface area contributed by atoms with Gasteiger partial charge in [-0.15, -0.1) is 0 Å². The maximum atomic E-state index is 9.81. The summed E-state index contributed by atoms with van der Waals surface area (Å²) in [5.74, 6) is 0.375. The van der Waals surface area contributed by atoms with E-state index in [2.05, 4.69) is 10.3 Å². The van der Waals surface area contributed by atoms with Crippen LogP contribution in [-0.4, -0.2) is 10.1 Å². The molecule has 0 radical (unpaired) electrons. The molecule has 0 saturated carbocycles. The van der Waals surface area contributed by atoms with Crippen LogP contribution in [0.1, 0.15) is 29.3 Å². The first-order valence-electron chi connectivity index (χ1n) is 6.21. The fourth-order valence-corrected chi connectivity index (χ4v) is 2.53. The topological polar surface area (TPSA) is 68.9 Å². The van der Waals surface area contributed by atoms with Crippen molar-refractivity contribution in [2.45, 2.75) is 18.9 Å². The highest BCUT2D eigenvalue weighted by molar-refractivity contribution is 5.50. The van der Waals surface area contributed by atoms with E-state index >= 15 is 0 Å². The van der Waals surface area contributed by atoms with Crippen LogP contribution in [0.2, 0.25) is 0 Å². The van der Waals surface area contributed by atoms with Gasteiger partial charge in [0.2, 0.25) is 0 Å². The highest BCUT2D eigenvalue weighted by Crippen LogP contribution is 2.37. The number of aromatic nitrogens is 1. The zero-order valence-electron chi connectivity index (χ0n) is 10.3. The lowest BCUT2D eigenvalue weighted by atomic mass is 10.1. The van der Waals surface area contributed by atoms with Gasteiger partial charge in [-0.25, -0.2) is 4.98 Å². The van der Waals surface area contributed by atoms with E-state index in [-0.39, 0.29) is 6.04 Å². The summed E-state index contributed by atoms with van der Waals surface area (Å²) < 4.78 is 0. The third-order valence-electron chi connectivity index (χ3n) is 3.46. The van der Waals surface area contributed by atoms with Crippen molar-refractivity contribution in [2.24, 2.45) is 0 Å². The largest absolute Gasteiger partial charge is 0.508 e. The number of phenolic OH excluding ortho intramolecular Hbond substituents is 1. The summed E-state index contributed by atoms with van der Waals surface area (Å²) in [5.41, 5.74) is 3.47. The Labute approximate surface area is 111 Å². The van der Waals surface area contributed by atoms with Gasteiger partial charge in [0.15, 0.2) is 0 Å². The van der Waals surface area contributed by atoms with Crippen LogP contribution < -0.4 is 5.32 Å². The Morgan fingerprint density at radius 2 is 2.21 bits per heavy atom. The van der Waals surface area contributed by atoms with E-state index < -0.39 is 0 Å². The van der Waals surface area contributed by atoms with E-state index in [1.807, 2.05) is 24.3 Å². The number of nitrogens with zero attached hydrogens (tertiary/aromatic N) is 2. The molecule has 1 aromatic heterocycles. The molecule has 1 atom stereocenters. The van der Waals surface area contributed by atoms with Crippen molar-refractivity contribution >= 4 is 5.69 Å². The molecule has 19 heavy (non-hydrogen) atoms. The molecule has 1 aromatic carbocycles. The number of anilines is 1. The van der Waals surface area contributed by atoms with Crippen molar-refractivity contribution in [3.8, 4) is 11.8 Å². The first-order chi connectivity index (χ1) is 9.28. The predicted molar refractivity (Wildman–Crippen MR) is 71.7 cm³/mol. The summed E-state index contributed by atoms with van der Waals surface area (Å²) in [6.45, 7) is 0. The fraction of sp³-hybridized carbons (Fsp3) is 0.200. The van der Waals surface area contributed by atoms with Gasteiger partial charge in [0.25, 0.3) is 0 Å². The van der Waals surface area contributed by atoms with Crippen LogP contribution in [0.25, 0.3) is 0 Å². The van der Waals surface area contributed by atoms with E-state index in [9.17, 15) is 5.11 Å². The molecule has 3 rings (SSSR count). The molecule has 0 fully saturated rings. The van der Waals surface area contributed by atoms with Gasteiger partial charge in [-0.2, -0.15) is 5.26 Å². The van der Waals surface area contributed by atoms with Gasteiger partial charge in [-0.1, -0.05) is 12.1 Å². The fourth-order valence-electron chi connectivity index (χ4n) is 2.53. The van der Waals surface area contributed by atoms with E-state index in [4.69, 9.17) is 5.26 Å². The summed E-state index contributed by atoms with van der Waals surface area (Å²) in [6, 6.07) is 11.4. The Hall–Kier alpha value is -2.54. The highest BCUT2D eigenvalue weighted by Gasteiger charge is 2.24. The standard InChI is InChI=1S/C15H13N3O/c16-8-10-4-5-11(9-17-10)18-14-7-6-13-12(14)2-1-3-15(13)19/h1-5,9,14,18-19H,6-7H2. The number of benzene rings is 1. The van der Waals surface area contributed by atoms with Gasteiger partial charge in [0.05, 0.1) is 17.9 Å². The number of nitrogens with one attached hydrogen (secondary N) is 1. The lowest BCUT2D eigenvalue weighted by molar-refractivity contribution is 0.469. The quantitative estimate of drug-likeness (QED) is 0.861. The molecule has 1 aliphatic rings. The number of fused-ring (bicyclic) bond motifs is 1. The second kappa shape index (κ2) is 4.62. The van der Waals surface area contributed by atoms with Crippen LogP contribution in [0.5, 0.6) is 5.75 Å². The smallest absolute Gasteiger partial charge is 0.140 e. The molecule has 1 heterocycles. The summed E-state index contributed by atoms with van der Waals surface area (Å²) >= 11 is 0. The molecule has 1 aliphatic carbocycles. The molecule has 0 spiro atoms. The minimum absolute atomic E-state index is 0.192. The van der Waals surface area contributed by atoms with Gasteiger partial charge < -0.3 is 10.4 Å². The number of phenols is 1. The SMILES string of the molecule is N#Cc1ccc(NC2CCc3c(O)cccc32)cn1. The summed E-state index contributed by atoms with van der Waals surface area (Å²) in [6.07, 6.45) is 3.50. The van der Waals surface area contributed by atoms with Crippen LogP contribution >= 0.6 is 0 Å². The summed E-state index contributed by atoms with van der Waals surface area (Å²) in [5, 5.41) is 21.9. The molecule has 4 heteroatoms. The second-order valence-corrected chi connectivity index (χ2v) is 4.62. The van der Waals surface area contributed by atoms with E-state index in [1.54, 1.807) is 18.3 Å².